The van der Waals surface area contributed by atoms with E-state index in [1.807, 2.05) is 18.2 Å². The van der Waals surface area contributed by atoms with Gasteiger partial charge in [-0.25, -0.2) is 0 Å². The van der Waals surface area contributed by atoms with Gasteiger partial charge in [0.1, 0.15) is 0 Å². The highest BCUT2D eigenvalue weighted by molar-refractivity contribution is 6.30. The zero-order valence-electron chi connectivity index (χ0n) is 10.8. The van der Waals surface area contributed by atoms with Gasteiger partial charge in [0.05, 0.1) is 6.61 Å². The molecule has 1 aliphatic rings. The third-order valence-corrected chi connectivity index (χ3v) is 3.87. The van der Waals surface area contributed by atoms with Crippen LogP contribution in [0.4, 0.5) is 0 Å². The summed E-state index contributed by atoms with van der Waals surface area (Å²) in [6.45, 7) is 3.25. The lowest BCUT2D eigenvalue weighted by atomic mass is 9.97. The van der Waals surface area contributed by atoms with Crippen LogP contribution in [-0.2, 0) is 11.3 Å². The number of nitrogens with zero attached hydrogens (tertiary/aromatic N) is 1. The second-order valence-corrected chi connectivity index (χ2v) is 5.41. The molecule has 1 fully saturated rings. The van der Waals surface area contributed by atoms with E-state index in [1.165, 1.54) is 5.56 Å². The number of hydrogen-bond acceptors (Lipinski definition) is 3. The lowest BCUT2D eigenvalue weighted by Crippen LogP contribution is -2.43. The van der Waals surface area contributed by atoms with Gasteiger partial charge in [-0.15, -0.1) is 0 Å². The first-order chi connectivity index (χ1) is 8.70. The molecule has 2 rings (SSSR count). The van der Waals surface area contributed by atoms with Gasteiger partial charge < -0.3 is 10.5 Å². The number of likely N-dealkylation sites (N-methyl/N-ethyl adjacent to an activating group) is 1. The summed E-state index contributed by atoms with van der Waals surface area (Å²) in [5.41, 5.74) is 7.14. The number of halogens is 1. The Morgan fingerprint density at radius 1 is 1.56 bits per heavy atom. The van der Waals surface area contributed by atoms with Crippen LogP contribution in [0.2, 0.25) is 5.02 Å². The van der Waals surface area contributed by atoms with Crippen molar-refractivity contribution < 1.29 is 4.74 Å². The Bertz CT molecular complexity index is 380. The zero-order chi connectivity index (χ0) is 13.0. The van der Waals surface area contributed by atoms with E-state index in [4.69, 9.17) is 22.1 Å². The SMILES string of the molecule is CN(Cc1cccc(Cl)c1)C(CN)C1CCOC1. The number of rotatable bonds is 5. The molecule has 2 N–H and O–H groups in total. The van der Waals surface area contributed by atoms with E-state index < -0.39 is 0 Å². The second-order valence-electron chi connectivity index (χ2n) is 4.97. The molecule has 2 unspecified atom stereocenters. The topological polar surface area (TPSA) is 38.5 Å². The Kier molecular flexibility index (Phi) is 5.01. The van der Waals surface area contributed by atoms with Crippen LogP contribution in [0.3, 0.4) is 0 Å². The first kappa shape index (κ1) is 13.8. The van der Waals surface area contributed by atoms with Gasteiger partial charge in [-0.2, -0.15) is 0 Å². The Hall–Kier alpha value is -0.610. The van der Waals surface area contributed by atoms with Gasteiger partial charge in [-0.3, -0.25) is 4.90 Å². The summed E-state index contributed by atoms with van der Waals surface area (Å²) in [7, 11) is 2.12. The summed E-state index contributed by atoms with van der Waals surface area (Å²) < 4.78 is 5.46. The fraction of sp³-hybridized carbons (Fsp3) is 0.571. The van der Waals surface area contributed by atoms with Crippen molar-refractivity contribution in [3.8, 4) is 0 Å². The molecular formula is C14H21ClN2O. The smallest absolute Gasteiger partial charge is 0.0510 e. The van der Waals surface area contributed by atoms with Crippen LogP contribution in [0.1, 0.15) is 12.0 Å². The summed E-state index contributed by atoms with van der Waals surface area (Å²) in [5, 5.41) is 0.786. The van der Waals surface area contributed by atoms with Crippen molar-refractivity contribution in [3.63, 3.8) is 0 Å². The van der Waals surface area contributed by atoms with Crippen molar-refractivity contribution in [1.82, 2.24) is 4.90 Å². The van der Waals surface area contributed by atoms with E-state index in [2.05, 4.69) is 18.0 Å². The summed E-state index contributed by atoms with van der Waals surface area (Å²) >= 11 is 6.01. The van der Waals surface area contributed by atoms with Crippen LogP contribution in [0, 0.1) is 5.92 Å². The number of nitrogens with two attached hydrogens (primary N) is 1. The molecule has 1 aromatic carbocycles. The molecule has 0 aliphatic carbocycles. The minimum absolute atomic E-state index is 0.381. The van der Waals surface area contributed by atoms with Crippen LogP contribution in [0.15, 0.2) is 24.3 Å². The minimum atomic E-state index is 0.381. The minimum Gasteiger partial charge on any atom is -0.381 e. The van der Waals surface area contributed by atoms with Crippen LogP contribution < -0.4 is 5.73 Å². The lowest BCUT2D eigenvalue weighted by molar-refractivity contribution is 0.136. The monoisotopic (exact) mass is 268 g/mol. The molecule has 0 bridgehead atoms. The Balaban J connectivity index is 1.98. The molecule has 1 aliphatic heterocycles. The third kappa shape index (κ3) is 3.45. The summed E-state index contributed by atoms with van der Waals surface area (Å²) in [5.74, 6) is 0.555. The van der Waals surface area contributed by atoms with Gasteiger partial charge >= 0.3 is 0 Å². The maximum atomic E-state index is 6.01. The molecule has 0 radical (unpaired) electrons. The van der Waals surface area contributed by atoms with E-state index in [0.717, 1.165) is 31.2 Å². The Morgan fingerprint density at radius 3 is 3.00 bits per heavy atom. The summed E-state index contributed by atoms with van der Waals surface area (Å²) in [6.07, 6.45) is 1.11. The van der Waals surface area contributed by atoms with E-state index >= 15 is 0 Å². The standard InChI is InChI=1S/C14H21ClN2O/c1-17(9-11-3-2-4-13(15)7-11)14(8-16)12-5-6-18-10-12/h2-4,7,12,14H,5-6,8-10,16H2,1H3. The number of benzene rings is 1. The first-order valence-corrected chi connectivity index (χ1v) is 6.81. The lowest BCUT2D eigenvalue weighted by Gasteiger charge is -2.31. The highest BCUT2D eigenvalue weighted by Crippen LogP contribution is 2.21. The molecule has 0 saturated carbocycles. The quantitative estimate of drug-likeness (QED) is 0.889. The van der Waals surface area contributed by atoms with E-state index in [0.29, 0.717) is 18.5 Å². The average molecular weight is 269 g/mol. The van der Waals surface area contributed by atoms with Gasteiger partial charge in [0.15, 0.2) is 0 Å². The maximum absolute atomic E-state index is 6.01. The van der Waals surface area contributed by atoms with Crippen molar-refractivity contribution in [2.24, 2.45) is 11.7 Å². The third-order valence-electron chi connectivity index (χ3n) is 3.64. The molecular weight excluding hydrogens is 248 g/mol. The molecule has 0 aromatic heterocycles. The Labute approximate surface area is 114 Å². The second kappa shape index (κ2) is 6.53. The molecule has 0 amide bonds. The first-order valence-electron chi connectivity index (χ1n) is 6.43. The zero-order valence-corrected chi connectivity index (χ0v) is 11.6. The van der Waals surface area contributed by atoms with Gasteiger partial charge in [0.25, 0.3) is 0 Å². The van der Waals surface area contributed by atoms with Crippen LogP contribution >= 0.6 is 11.6 Å². The van der Waals surface area contributed by atoms with Crippen molar-refractivity contribution in [1.29, 1.82) is 0 Å². The van der Waals surface area contributed by atoms with Gasteiger partial charge in [0.2, 0.25) is 0 Å². The van der Waals surface area contributed by atoms with Gasteiger partial charge in [0, 0.05) is 36.7 Å². The normalized spacial score (nSPS) is 21.4. The predicted octanol–water partition coefficient (Wildman–Crippen LogP) is 2.14. The van der Waals surface area contributed by atoms with E-state index in [1.54, 1.807) is 0 Å². The molecule has 2 atom stereocenters. The number of ether oxygens (including phenoxy) is 1. The van der Waals surface area contributed by atoms with Crippen LogP contribution in [0.5, 0.6) is 0 Å². The molecule has 1 heterocycles. The van der Waals surface area contributed by atoms with Gasteiger partial charge in [-0.05, 0) is 31.2 Å². The molecule has 3 nitrogen and oxygen atoms in total. The van der Waals surface area contributed by atoms with Gasteiger partial charge in [-0.1, -0.05) is 23.7 Å². The largest absolute Gasteiger partial charge is 0.381 e. The highest BCUT2D eigenvalue weighted by Gasteiger charge is 2.27. The summed E-state index contributed by atoms with van der Waals surface area (Å²) in [6, 6.07) is 8.38. The van der Waals surface area contributed by atoms with Crippen LogP contribution in [0.25, 0.3) is 0 Å². The number of hydrogen-bond donors (Lipinski definition) is 1. The average Bonchev–Trinajstić information content (AvgIpc) is 2.83. The maximum Gasteiger partial charge on any atom is 0.0510 e. The van der Waals surface area contributed by atoms with E-state index in [9.17, 15) is 0 Å². The molecule has 0 spiro atoms. The Morgan fingerprint density at radius 2 is 2.39 bits per heavy atom. The predicted molar refractivity (Wildman–Crippen MR) is 74.7 cm³/mol. The van der Waals surface area contributed by atoms with E-state index in [-0.39, 0.29) is 0 Å². The van der Waals surface area contributed by atoms with Crippen LogP contribution in [-0.4, -0.2) is 37.7 Å². The molecule has 1 saturated heterocycles. The van der Waals surface area contributed by atoms with Crippen molar-refractivity contribution in [2.45, 2.75) is 19.0 Å². The molecule has 1 aromatic rings. The summed E-state index contributed by atoms with van der Waals surface area (Å²) in [4.78, 5) is 2.31. The highest BCUT2D eigenvalue weighted by atomic mass is 35.5. The molecule has 100 valence electrons. The molecule has 18 heavy (non-hydrogen) atoms. The molecule has 4 heteroatoms. The van der Waals surface area contributed by atoms with Crippen molar-refractivity contribution in [2.75, 3.05) is 26.8 Å². The fourth-order valence-electron chi connectivity index (χ4n) is 2.63. The van der Waals surface area contributed by atoms with Crippen molar-refractivity contribution >= 4 is 11.6 Å². The fourth-order valence-corrected chi connectivity index (χ4v) is 2.84. The van der Waals surface area contributed by atoms with Crippen molar-refractivity contribution in [3.05, 3.63) is 34.9 Å².